The zero-order valence-electron chi connectivity index (χ0n) is 17.8. The third-order valence-corrected chi connectivity index (χ3v) is 8.84. The second-order valence-electron chi connectivity index (χ2n) is 7.49. The molecular formula is C22H24FN3O4S2. The maximum atomic E-state index is 14.3. The largest absolute Gasteiger partial charge is 0.379 e. The van der Waals surface area contributed by atoms with Gasteiger partial charge in [-0.25, -0.2) is 12.8 Å². The Morgan fingerprint density at radius 1 is 1.16 bits per heavy atom. The first-order chi connectivity index (χ1) is 15.3. The van der Waals surface area contributed by atoms with Gasteiger partial charge < -0.3 is 14.6 Å². The van der Waals surface area contributed by atoms with E-state index in [4.69, 9.17) is 4.74 Å². The van der Waals surface area contributed by atoms with E-state index in [1.807, 2.05) is 6.92 Å². The summed E-state index contributed by atoms with van der Waals surface area (Å²) >= 11 is 1.14. The van der Waals surface area contributed by atoms with Crippen LogP contribution in [-0.4, -0.2) is 49.5 Å². The maximum Gasteiger partial charge on any atom is 0.253 e. The molecule has 1 aliphatic heterocycles. The monoisotopic (exact) mass is 477 g/mol. The number of amides is 1. The Bertz CT molecular complexity index is 1240. The van der Waals surface area contributed by atoms with Gasteiger partial charge in [0, 0.05) is 29.4 Å². The topological polar surface area (TPSA) is 80.6 Å². The van der Waals surface area contributed by atoms with Crippen LogP contribution in [0, 0.1) is 19.7 Å². The van der Waals surface area contributed by atoms with Gasteiger partial charge in [0.1, 0.15) is 10.0 Å². The summed E-state index contributed by atoms with van der Waals surface area (Å²) in [5.74, 6) is -0.666. The molecule has 1 N–H and O–H groups in total. The van der Waals surface area contributed by atoms with Crippen molar-refractivity contribution in [2.75, 3.05) is 26.3 Å². The molecule has 1 aliphatic rings. The van der Waals surface area contributed by atoms with Crippen molar-refractivity contribution >= 4 is 27.3 Å². The zero-order chi connectivity index (χ0) is 22.9. The molecule has 3 aromatic rings. The Morgan fingerprint density at radius 3 is 2.59 bits per heavy atom. The van der Waals surface area contributed by atoms with Gasteiger partial charge in [-0.3, -0.25) is 4.79 Å². The van der Waals surface area contributed by atoms with Crippen molar-refractivity contribution in [2.45, 2.75) is 24.6 Å². The molecule has 0 saturated carbocycles. The summed E-state index contributed by atoms with van der Waals surface area (Å²) < 4.78 is 48.4. The SMILES string of the molecule is Cc1cc(C(=O)NCc2ccc(S(=O)(=O)N3CCOCC3)s2)c(C)n1-c1ccccc1F. The van der Waals surface area contributed by atoms with Crippen LogP contribution in [0.4, 0.5) is 4.39 Å². The first kappa shape index (κ1) is 22.7. The van der Waals surface area contributed by atoms with Crippen LogP contribution in [-0.2, 0) is 21.3 Å². The smallest absolute Gasteiger partial charge is 0.253 e. The highest BCUT2D eigenvalue weighted by Gasteiger charge is 2.28. The second-order valence-corrected chi connectivity index (χ2v) is 10.8. The lowest BCUT2D eigenvalue weighted by Gasteiger charge is -2.25. The van der Waals surface area contributed by atoms with E-state index in [1.54, 1.807) is 47.9 Å². The Balaban J connectivity index is 1.47. The van der Waals surface area contributed by atoms with Gasteiger partial charge in [-0.05, 0) is 44.2 Å². The number of para-hydroxylation sites is 1. The molecule has 4 rings (SSSR count). The van der Waals surface area contributed by atoms with Crippen molar-refractivity contribution in [1.82, 2.24) is 14.2 Å². The minimum atomic E-state index is -3.56. The summed E-state index contributed by atoms with van der Waals surface area (Å²) in [4.78, 5) is 13.5. The van der Waals surface area contributed by atoms with Gasteiger partial charge in [0.2, 0.25) is 0 Å². The lowest BCUT2D eigenvalue weighted by Crippen LogP contribution is -2.40. The van der Waals surface area contributed by atoms with E-state index in [0.29, 0.717) is 43.2 Å². The standard InChI is InChI=1S/C22H24FN3O4S2/c1-15-13-18(16(2)26(15)20-6-4-3-5-19(20)23)22(27)24-14-17-7-8-21(31-17)32(28,29)25-9-11-30-12-10-25/h3-8,13H,9-12,14H2,1-2H3,(H,24,27). The van der Waals surface area contributed by atoms with Crippen LogP contribution in [0.5, 0.6) is 0 Å². The van der Waals surface area contributed by atoms with E-state index in [0.717, 1.165) is 21.9 Å². The number of thiophene rings is 1. The van der Waals surface area contributed by atoms with E-state index in [-0.39, 0.29) is 22.5 Å². The third kappa shape index (κ3) is 4.36. The molecule has 2 aromatic heterocycles. The fourth-order valence-electron chi connectivity index (χ4n) is 3.77. The van der Waals surface area contributed by atoms with Crippen molar-refractivity contribution in [3.8, 4) is 5.69 Å². The fourth-order valence-corrected chi connectivity index (χ4v) is 6.62. The van der Waals surface area contributed by atoms with Crippen LogP contribution in [0.15, 0.2) is 46.7 Å². The molecule has 0 unspecified atom stereocenters. The highest BCUT2D eigenvalue weighted by molar-refractivity contribution is 7.91. The molecule has 7 nitrogen and oxygen atoms in total. The van der Waals surface area contributed by atoms with Crippen molar-refractivity contribution in [3.05, 3.63) is 70.1 Å². The number of hydrogen-bond donors (Lipinski definition) is 1. The number of carbonyl (C=O) groups is 1. The first-order valence-corrected chi connectivity index (χ1v) is 12.4. The number of rotatable bonds is 6. The Hall–Kier alpha value is -2.53. The highest BCUT2D eigenvalue weighted by Crippen LogP contribution is 2.26. The summed E-state index contributed by atoms with van der Waals surface area (Å²) in [7, 11) is -3.56. The number of carbonyl (C=O) groups excluding carboxylic acids is 1. The van der Waals surface area contributed by atoms with E-state index in [9.17, 15) is 17.6 Å². The van der Waals surface area contributed by atoms with Gasteiger partial charge >= 0.3 is 0 Å². The van der Waals surface area contributed by atoms with Crippen LogP contribution >= 0.6 is 11.3 Å². The number of hydrogen-bond acceptors (Lipinski definition) is 5. The number of aryl methyl sites for hydroxylation is 1. The van der Waals surface area contributed by atoms with Gasteiger partial charge in [0.25, 0.3) is 15.9 Å². The van der Waals surface area contributed by atoms with Gasteiger partial charge in [-0.1, -0.05) is 12.1 Å². The molecule has 1 aromatic carbocycles. The van der Waals surface area contributed by atoms with Crippen molar-refractivity contribution < 1.29 is 22.3 Å². The molecule has 10 heteroatoms. The number of aromatic nitrogens is 1. The number of nitrogens with zero attached hydrogens (tertiary/aromatic N) is 2. The minimum Gasteiger partial charge on any atom is -0.379 e. The Morgan fingerprint density at radius 2 is 1.88 bits per heavy atom. The quantitative estimate of drug-likeness (QED) is 0.591. The van der Waals surface area contributed by atoms with E-state index in [2.05, 4.69) is 5.32 Å². The van der Waals surface area contributed by atoms with Crippen LogP contribution in [0.25, 0.3) is 5.69 Å². The molecular weight excluding hydrogens is 453 g/mol. The predicted molar refractivity (Wildman–Crippen MR) is 120 cm³/mol. The molecule has 0 radical (unpaired) electrons. The highest BCUT2D eigenvalue weighted by atomic mass is 32.2. The molecule has 170 valence electrons. The summed E-state index contributed by atoms with van der Waals surface area (Å²) in [6.07, 6.45) is 0. The molecule has 1 fully saturated rings. The second kappa shape index (κ2) is 9.14. The molecule has 0 bridgehead atoms. The number of ether oxygens (including phenoxy) is 1. The third-order valence-electron chi connectivity index (χ3n) is 5.39. The van der Waals surface area contributed by atoms with Crippen molar-refractivity contribution in [2.24, 2.45) is 0 Å². The van der Waals surface area contributed by atoms with Crippen molar-refractivity contribution in [1.29, 1.82) is 0 Å². The number of sulfonamides is 1. The van der Waals surface area contributed by atoms with Gasteiger partial charge in [0.05, 0.1) is 31.0 Å². The Kier molecular flexibility index (Phi) is 6.47. The maximum absolute atomic E-state index is 14.3. The molecule has 1 saturated heterocycles. The summed E-state index contributed by atoms with van der Waals surface area (Å²) in [6, 6.07) is 11.4. The fraction of sp³-hybridized carbons (Fsp3) is 0.318. The van der Waals surface area contributed by atoms with E-state index < -0.39 is 10.0 Å². The Labute approximate surface area is 190 Å². The number of morpholine rings is 1. The average Bonchev–Trinajstić information content (AvgIpc) is 3.38. The number of halogens is 1. The predicted octanol–water partition coefficient (Wildman–Crippen LogP) is 3.25. The number of benzene rings is 1. The average molecular weight is 478 g/mol. The summed E-state index contributed by atoms with van der Waals surface area (Å²) in [6.45, 7) is 5.24. The molecule has 1 amide bonds. The molecule has 0 atom stereocenters. The van der Waals surface area contributed by atoms with Crippen LogP contribution < -0.4 is 5.32 Å². The zero-order valence-corrected chi connectivity index (χ0v) is 19.4. The molecule has 0 spiro atoms. The molecule has 3 heterocycles. The van der Waals surface area contributed by atoms with Gasteiger partial charge in [-0.2, -0.15) is 4.31 Å². The normalized spacial score (nSPS) is 15.1. The summed E-state index contributed by atoms with van der Waals surface area (Å²) in [5.41, 5.74) is 2.21. The molecule has 32 heavy (non-hydrogen) atoms. The number of nitrogens with one attached hydrogen (secondary N) is 1. The van der Waals surface area contributed by atoms with E-state index in [1.165, 1.54) is 10.4 Å². The lowest BCUT2D eigenvalue weighted by atomic mass is 10.2. The van der Waals surface area contributed by atoms with Crippen molar-refractivity contribution in [3.63, 3.8) is 0 Å². The van der Waals surface area contributed by atoms with Crippen LogP contribution in [0.3, 0.4) is 0 Å². The minimum absolute atomic E-state index is 0.200. The molecule has 0 aliphatic carbocycles. The van der Waals surface area contributed by atoms with Gasteiger partial charge in [0.15, 0.2) is 0 Å². The summed E-state index contributed by atoms with van der Waals surface area (Å²) in [5, 5.41) is 2.84. The van der Waals surface area contributed by atoms with Gasteiger partial charge in [-0.15, -0.1) is 11.3 Å². The van der Waals surface area contributed by atoms with Crippen LogP contribution in [0.2, 0.25) is 0 Å². The lowest BCUT2D eigenvalue weighted by molar-refractivity contribution is 0.0731. The first-order valence-electron chi connectivity index (χ1n) is 10.2. The van der Waals surface area contributed by atoms with E-state index >= 15 is 0 Å². The van der Waals surface area contributed by atoms with Crippen LogP contribution in [0.1, 0.15) is 26.6 Å².